The second-order valence-electron chi connectivity index (χ2n) is 3.04. The lowest BCUT2D eigenvalue weighted by Gasteiger charge is -2.28. The molecule has 0 radical (unpaired) electrons. The lowest BCUT2D eigenvalue weighted by molar-refractivity contribution is -0.143. The van der Waals surface area contributed by atoms with Crippen LogP contribution in [-0.2, 0) is 9.53 Å². The molecule has 1 atom stereocenters. The maximum absolute atomic E-state index is 10.9. The summed E-state index contributed by atoms with van der Waals surface area (Å²) in [6.07, 6.45) is 3.67. The first kappa shape index (κ1) is 8.53. The zero-order valence-corrected chi connectivity index (χ0v) is 7.09. The van der Waals surface area contributed by atoms with Crippen LogP contribution in [0.1, 0.15) is 26.2 Å². The highest BCUT2D eigenvalue weighted by molar-refractivity contribution is 5.75. The van der Waals surface area contributed by atoms with Gasteiger partial charge in [0, 0.05) is 6.04 Å². The number of carbonyl (C=O) groups is 1. The van der Waals surface area contributed by atoms with E-state index in [1.54, 1.807) is 0 Å². The third kappa shape index (κ3) is 2.19. The SMILES string of the molecule is COC(=O)[C@H](C)NC1CCC1. The highest BCUT2D eigenvalue weighted by Gasteiger charge is 2.22. The molecular formula is C8H15NO2. The van der Waals surface area contributed by atoms with Crippen molar-refractivity contribution in [2.45, 2.75) is 38.3 Å². The maximum atomic E-state index is 10.9. The maximum Gasteiger partial charge on any atom is 0.322 e. The van der Waals surface area contributed by atoms with Crippen LogP contribution < -0.4 is 5.32 Å². The standard InChI is InChI=1S/C8H15NO2/c1-6(8(10)11-2)9-7-4-3-5-7/h6-7,9H,3-5H2,1-2H3/t6-/m0/s1. The molecule has 0 aromatic carbocycles. The van der Waals surface area contributed by atoms with E-state index in [0.29, 0.717) is 6.04 Å². The topological polar surface area (TPSA) is 38.3 Å². The van der Waals surface area contributed by atoms with Crippen molar-refractivity contribution in [3.63, 3.8) is 0 Å². The highest BCUT2D eigenvalue weighted by Crippen LogP contribution is 2.18. The van der Waals surface area contributed by atoms with E-state index in [1.807, 2.05) is 6.92 Å². The van der Waals surface area contributed by atoms with Crippen molar-refractivity contribution in [3.05, 3.63) is 0 Å². The number of ether oxygens (including phenoxy) is 1. The number of hydrogen-bond donors (Lipinski definition) is 1. The van der Waals surface area contributed by atoms with Crippen molar-refractivity contribution in [1.82, 2.24) is 5.32 Å². The molecule has 1 fully saturated rings. The fourth-order valence-corrected chi connectivity index (χ4v) is 1.17. The molecule has 0 unspecified atom stereocenters. The zero-order chi connectivity index (χ0) is 8.27. The quantitative estimate of drug-likeness (QED) is 0.612. The Morgan fingerprint density at radius 2 is 2.27 bits per heavy atom. The van der Waals surface area contributed by atoms with Crippen molar-refractivity contribution in [2.75, 3.05) is 7.11 Å². The Morgan fingerprint density at radius 3 is 2.64 bits per heavy atom. The number of rotatable bonds is 3. The summed E-state index contributed by atoms with van der Waals surface area (Å²) in [6, 6.07) is 0.398. The van der Waals surface area contributed by atoms with Crippen LogP contribution in [0.3, 0.4) is 0 Å². The monoisotopic (exact) mass is 157 g/mol. The lowest BCUT2D eigenvalue weighted by atomic mass is 9.92. The molecule has 0 heterocycles. The molecule has 1 rings (SSSR count). The van der Waals surface area contributed by atoms with Gasteiger partial charge in [-0.2, -0.15) is 0 Å². The summed E-state index contributed by atoms with van der Waals surface area (Å²) >= 11 is 0. The van der Waals surface area contributed by atoms with Gasteiger partial charge in [-0.15, -0.1) is 0 Å². The first-order chi connectivity index (χ1) is 5.24. The Morgan fingerprint density at radius 1 is 1.64 bits per heavy atom. The van der Waals surface area contributed by atoms with Gasteiger partial charge in [-0.05, 0) is 19.8 Å². The van der Waals surface area contributed by atoms with Gasteiger partial charge in [0.15, 0.2) is 0 Å². The largest absolute Gasteiger partial charge is 0.468 e. The van der Waals surface area contributed by atoms with Crippen molar-refractivity contribution in [3.8, 4) is 0 Å². The summed E-state index contributed by atoms with van der Waals surface area (Å²) in [5, 5.41) is 3.19. The fraction of sp³-hybridized carbons (Fsp3) is 0.875. The van der Waals surface area contributed by atoms with Crippen LogP contribution in [0.2, 0.25) is 0 Å². The second-order valence-corrected chi connectivity index (χ2v) is 3.04. The molecule has 1 aliphatic rings. The summed E-state index contributed by atoms with van der Waals surface area (Å²) < 4.78 is 4.58. The fourth-order valence-electron chi connectivity index (χ4n) is 1.17. The van der Waals surface area contributed by atoms with Gasteiger partial charge >= 0.3 is 5.97 Å². The van der Waals surface area contributed by atoms with E-state index in [9.17, 15) is 4.79 Å². The second kappa shape index (κ2) is 3.72. The summed E-state index contributed by atoms with van der Waals surface area (Å²) in [5.74, 6) is -0.170. The summed E-state index contributed by atoms with van der Waals surface area (Å²) in [7, 11) is 1.42. The van der Waals surface area contributed by atoms with Gasteiger partial charge in [0.05, 0.1) is 7.11 Å². The van der Waals surface area contributed by atoms with Crippen molar-refractivity contribution < 1.29 is 9.53 Å². The van der Waals surface area contributed by atoms with E-state index >= 15 is 0 Å². The molecule has 1 saturated carbocycles. The molecule has 3 nitrogen and oxygen atoms in total. The summed E-state index contributed by atoms with van der Waals surface area (Å²) in [5.41, 5.74) is 0. The third-order valence-corrected chi connectivity index (χ3v) is 2.15. The number of carbonyl (C=O) groups excluding carboxylic acids is 1. The van der Waals surface area contributed by atoms with Crippen LogP contribution >= 0.6 is 0 Å². The van der Waals surface area contributed by atoms with E-state index in [-0.39, 0.29) is 12.0 Å². The molecule has 0 bridgehead atoms. The zero-order valence-electron chi connectivity index (χ0n) is 7.09. The lowest BCUT2D eigenvalue weighted by Crippen LogP contribution is -2.45. The van der Waals surface area contributed by atoms with Crippen LogP contribution in [0.25, 0.3) is 0 Å². The Hall–Kier alpha value is -0.570. The molecule has 0 aromatic heterocycles. The minimum atomic E-state index is -0.170. The molecule has 0 aliphatic heterocycles. The van der Waals surface area contributed by atoms with E-state index in [2.05, 4.69) is 10.1 Å². The molecule has 0 amide bonds. The molecule has 0 aromatic rings. The summed E-state index contributed by atoms with van der Waals surface area (Å²) in [6.45, 7) is 1.84. The molecule has 64 valence electrons. The van der Waals surface area contributed by atoms with Crippen LogP contribution in [0.4, 0.5) is 0 Å². The average molecular weight is 157 g/mol. The van der Waals surface area contributed by atoms with Crippen LogP contribution in [0, 0.1) is 0 Å². The number of esters is 1. The molecular weight excluding hydrogens is 142 g/mol. The van der Waals surface area contributed by atoms with Gasteiger partial charge in [0.25, 0.3) is 0 Å². The predicted molar refractivity (Wildman–Crippen MR) is 42.3 cm³/mol. The Balaban J connectivity index is 2.18. The minimum Gasteiger partial charge on any atom is -0.468 e. The first-order valence-corrected chi connectivity index (χ1v) is 4.08. The molecule has 3 heteroatoms. The van der Waals surface area contributed by atoms with Gasteiger partial charge in [0.1, 0.15) is 6.04 Å². The van der Waals surface area contributed by atoms with Crippen LogP contribution in [0.5, 0.6) is 0 Å². The Bertz CT molecular complexity index is 143. The molecule has 1 aliphatic carbocycles. The van der Waals surface area contributed by atoms with Gasteiger partial charge in [0.2, 0.25) is 0 Å². The highest BCUT2D eigenvalue weighted by atomic mass is 16.5. The van der Waals surface area contributed by atoms with Crippen molar-refractivity contribution >= 4 is 5.97 Å². The van der Waals surface area contributed by atoms with E-state index in [1.165, 1.54) is 26.4 Å². The van der Waals surface area contributed by atoms with Gasteiger partial charge in [-0.1, -0.05) is 6.42 Å². The molecule has 0 spiro atoms. The van der Waals surface area contributed by atoms with E-state index in [4.69, 9.17) is 0 Å². The molecule has 11 heavy (non-hydrogen) atoms. The van der Waals surface area contributed by atoms with Gasteiger partial charge < -0.3 is 10.1 Å². The molecule has 1 N–H and O–H groups in total. The predicted octanol–water partition coefficient (Wildman–Crippen LogP) is 0.690. The van der Waals surface area contributed by atoms with Crippen LogP contribution in [-0.4, -0.2) is 25.2 Å². The summed E-state index contributed by atoms with van der Waals surface area (Å²) in [4.78, 5) is 10.9. The Labute approximate surface area is 67.1 Å². The number of nitrogens with one attached hydrogen (secondary N) is 1. The first-order valence-electron chi connectivity index (χ1n) is 4.08. The van der Waals surface area contributed by atoms with Crippen molar-refractivity contribution in [1.29, 1.82) is 0 Å². The smallest absolute Gasteiger partial charge is 0.322 e. The van der Waals surface area contributed by atoms with Gasteiger partial charge in [-0.3, -0.25) is 4.79 Å². The number of methoxy groups -OCH3 is 1. The van der Waals surface area contributed by atoms with Gasteiger partial charge in [-0.25, -0.2) is 0 Å². The molecule has 0 saturated heterocycles. The average Bonchev–Trinajstić information content (AvgIpc) is 1.94. The third-order valence-electron chi connectivity index (χ3n) is 2.15. The van der Waals surface area contributed by atoms with Crippen LogP contribution in [0.15, 0.2) is 0 Å². The number of hydrogen-bond acceptors (Lipinski definition) is 3. The minimum absolute atomic E-state index is 0.148. The van der Waals surface area contributed by atoms with E-state index < -0.39 is 0 Å². The Kier molecular flexibility index (Phi) is 2.88. The normalized spacial score (nSPS) is 20.5. The van der Waals surface area contributed by atoms with Crippen molar-refractivity contribution in [2.24, 2.45) is 0 Å². The van der Waals surface area contributed by atoms with E-state index in [0.717, 1.165) is 0 Å².